The maximum Gasteiger partial charge on any atom is 0.516 e. The van der Waals surface area contributed by atoms with Gasteiger partial charge in [-0.3, -0.25) is 4.72 Å². The Labute approximate surface area is 203 Å². The van der Waals surface area contributed by atoms with Gasteiger partial charge in [0.2, 0.25) is 5.01 Å². The topological polar surface area (TPSA) is 135 Å². The fraction of sp³-hybridized carbons (Fsp3) is 0.526. The Bertz CT molecular complexity index is 1200. The molecule has 2 aromatic rings. The van der Waals surface area contributed by atoms with Gasteiger partial charge in [0.15, 0.2) is 0 Å². The zero-order valence-corrected chi connectivity index (χ0v) is 20.6. The molecule has 192 valence electrons. The molecule has 1 aliphatic rings. The fourth-order valence-electron chi connectivity index (χ4n) is 3.42. The number of benzene rings is 1. The van der Waals surface area contributed by atoms with Gasteiger partial charge in [-0.1, -0.05) is 18.3 Å². The third kappa shape index (κ3) is 6.24. The summed E-state index contributed by atoms with van der Waals surface area (Å²) >= 11 is 0.749. The maximum absolute atomic E-state index is 13.0. The molecule has 11 nitrogen and oxygen atoms in total. The lowest BCUT2D eigenvalue weighted by atomic mass is 9.94. The van der Waals surface area contributed by atoms with Crippen molar-refractivity contribution in [2.75, 3.05) is 37.0 Å². The highest BCUT2D eigenvalue weighted by Gasteiger charge is 2.46. The molecule has 2 heterocycles. The van der Waals surface area contributed by atoms with E-state index in [0.717, 1.165) is 29.7 Å². The SMILES string of the molecule is CCC1CCc2cc(N=Nc3nnc(C(=O)OCCOC)s3)c(NS(=O)(=O)C(F)(F)F)cc2N1C. The monoisotopic (exact) mass is 536 g/mol. The summed E-state index contributed by atoms with van der Waals surface area (Å²) in [5.41, 5.74) is -4.68. The van der Waals surface area contributed by atoms with Crippen molar-refractivity contribution in [3.63, 3.8) is 0 Å². The van der Waals surface area contributed by atoms with E-state index in [2.05, 4.69) is 20.4 Å². The number of esters is 1. The first kappa shape index (κ1) is 26.7. The second-order valence-corrected chi connectivity index (χ2v) is 10.1. The Morgan fingerprint density at radius 3 is 2.69 bits per heavy atom. The fourth-order valence-corrected chi connectivity index (χ4v) is 4.55. The molecule has 1 aliphatic heterocycles. The quantitative estimate of drug-likeness (QED) is 0.286. The Morgan fingerprint density at radius 2 is 2.03 bits per heavy atom. The first-order valence-electron chi connectivity index (χ1n) is 10.4. The molecule has 35 heavy (non-hydrogen) atoms. The molecule has 3 rings (SSSR count). The van der Waals surface area contributed by atoms with Crippen molar-refractivity contribution in [1.82, 2.24) is 10.2 Å². The molecule has 0 bridgehead atoms. The number of rotatable bonds is 9. The van der Waals surface area contributed by atoms with Crippen LogP contribution in [0, 0.1) is 0 Å². The van der Waals surface area contributed by atoms with Crippen molar-refractivity contribution in [3.05, 3.63) is 22.7 Å². The molecule has 0 spiro atoms. The van der Waals surface area contributed by atoms with Crippen molar-refractivity contribution < 1.29 is 35.9 Å². The molecular formula is C19H23F3N6O5S2. The number of methoxy groups -OCH3 is 1. The van der Waals surface area contributed by atoms with Crippen LogP contribution in [0.25, 0.3) is 0 Å². The van der Waals surface area contributed by atoms with Gasteiger partial charge in [0, 0.05) is 25.9 Å². The number of alkyl halides is 3. The number of ether oxygens (including phenoxy) is 2. The number of carbonyl (C=O) groups is 1. The maximum atomic E-state index is 13.0. The van der Waals surface area contributed by atoms with Crippen LogP contribution in [0.1, 0.15) is 35.1 Å². The summed E-state index contributed by atoms with van der Waals surface area (Å²) < 4.78 is 74.0. The lowest BCUT2D eigenvalue weighted by molar-refractivity contribution is -0.0429. The second-order valence-electron chi connectivity index (χ2n) is 7.48. The van der Waals surface area contributed by atoms with E-state index in [-0.39, 0.29) is 35.1 Å². The van der Waals surface area contributed by atoms with Gasteiger partial charge < -0.3 is 14.4 Å². The molecule has 0 fully saturated rings. The van der Waals surface area contributed by atoms with Crippen LogP contribution in [0.3, 0.4) is 0 Å². The highest BCUT2D eigenvalue weighted by Crippen LogP contribution is 2.40. The minimum absolute atomic E-state index is 0.0108. The van der Waals surface area contributed by atoms with E-state index in [0.29, 0.717) is 12.1 Å². The van der Waals surface area contributed by atoms with Gasteiger partial charge in [0.1, 0.15) is 12.3 Å². The first-order chi connectivity index (χ1) is 16.5. The lowest BCUT2D eigenvalue weighted by Crippen LogP contribution is -2.35. The predicted octanol–water partition coefficient (Wildman–Crippen LogP) is 4.18. The number of anilines is 2. The van der Waals surface area contributed by atoms with Crippen LogP contribution in [0.15, 0.2) is 22.4 Å². The van der Waals surface area contributed by atoms with Gasteiger partial charge in [-0.25, -0.2) is 4.79 Å². The van der Waals surface area contributed by atoms with Crippen LogP contribution in [-0.4, -0.2) is 63.5 Å². The normalized spacial score (nSPS) is 16.4. The first-order valence-corrected chi connectivity index (χ1v) is 12.7. The van der Waals surface area contributed by atoms with Gasteiger partial charge in [-0.05, 0) is 37.0 Å². The van der Waals surface area contributed by atoms with E-state index in [1.165, 1.54) is 19.2 Å². The van der Waals surface area contributed by atoms with Crippen molar-refractivity contribution in [2.24, 2.45) is 10.2 Å². The highest BCUT2D eigenvalue weighted by molar-refractivity contribution is 7.93. The van der Waals surface area contributed by atoms with E-state index < -0.39 is 27.2 Å². The number of fused-ring (bicyclic) bond motifs is 1. The Hall–Kier alpha value is -2.85. The van der Waals surface area contributed by atoms with E-state index in [9.17, 15) is 26.4 Å². The van der Waals surface area contributed by atoms with Crippen molar-refractivity contribution in [3.8, 4) is 0 Å². The van der Waals surface area contributed by atoms with Gasteiger partial charge >= 0.3 is 21.5 Å². The zero-order chi connectivity index (χ0) is 25.8. The number of carbonyl (C=O) groups excluding carboxylic acids is 1. The van der Waals surface area contributed by atoms with Gasteiger partial charge in [-0.2, -0.15) is 21.6 Å². The van der Waals surface area contributed by atoms with Crippen molar-refractivity contribution >= 4 is 49.5 Å². The van der Waals surface area contributed by atoms with Crippen LogP contribution in [0.2, 0.25) is 0 Å². The molecule has 0 radical (unpaired) electrons. The van der Waals surface area contributed by atoms with E-state index in [1.807, 2.05) is 11.8 Å². The number of nitrogens with one attached hydrogen (secondary N) is 1. The Balaban J connectivity index is 1.94. The van der Waals surface area contributed by atoms with Crippen LogP contribution < -0.4 is 9.62 Å². The predicted molar refractivity (Wildman–Crippen MR) is 122 cm³/mol. The zero-order valence-electron chi connectivity index (χ0n) is 19.0. The molecule has 16 heteroatoms. The van der Waals surface area contributed by atoms with Crippen LogP contribution in [-0.2, 0) is 25.9 Å². The second kappa shape index (κ2) is 10.8. The third-order valence-electron chi connectivity index (χ3n) is 5.24. The van der Waals surface area contributed by atoms with Gasteiger partial charge in [-0.15, -0.1) is 20.4 Å². The molecule has 1 N–H and O–H groups in total. The molecule has 0 saturated carbocycles. The van der Waals surface area contributed by atoms with Crippen molar-refractivity contribution in [2.45, 2.75) is 37.7 Å². The Morgan fingerprint density at radius 1 is 1.29 bits per heavy atom. The molecule has 1 atom stereocenters. The minimum atomic E-state index is -5.70. The number of aryl methyl sites for hydroxylation is 1. The molecule has 1 aromatic heterocycles. The summed E-state index contributed by atoms with van der Waals surface area (Å²) in [6.07, 6.45) is 2.26. The van der Waals surface area contributed by atoms with E-state index >= 15 is 0 Å². The number of halogens is 3. The highest BCUT2D eigenvalue weighted by atomic mass is 32.2. The summed E-state index contributed by atoms with van der Waals surface area (Å²) in [4.78, 5) is 13.8. The van der Waals surface area contributed by atoms with Gasteiger partial charge in [0.05, 0.1) is 12.3 Å². The lowest BCUT2D eigenvalue weighted by Gasteiger charge is -2.36. The standard InChI is InChI=1S/C19H23F3N6O5S2/c1-4-12-6-5-11-9-13(14(10-15(11)28(12)2)27-35(30,31)19(20,21)22)23-25-18-26-24-16(34-18)17(29)33-8-7-32-3/h9-10,12,27H,4-8H2,1-3H3. The number of azo groups is 1. The Kier molecular flexibility index (Phi) is 8.27. The largest absolute Gasteiger partial charge is 0.516 e. The van der Waals surface area contributed by atoms with Crippen molar-refractivity contribution in [1.29, 1.82) is 0 Å². The van der Waals surface area contributed by atoms with Crippen LogP contribution in [0.5, 0.6) is 0 Å². The summed E-state index contributed by atoms with van der Waals surface area (Å²) in [5, 5.41) is 14.9. The number of nitrogens with zero attached hydrogens (tertiary/aromatic N) is 5. The van der Waals surface area contributed by atoms with Gasteiger partial charge in [0.25, 0.3) is 5.13 Å². The number of aromatic nitrogens is 2. The smallest absolute Gasteiger partial charge is 0.458 e. The summed E-state index contributed by atoms with van der Waals surface area (Å²) in [5.74, 6) is -0.748. The summed E-state index contributed by atoms with van der Waals surface area (Å²) in [6, 6.07) is 2.95. The molecule has 1 unspecified atom stereocenters. The minimum Gasteiger partial charge on any atom is -0.458 e. The van der Waals surface area contributed by atoms with Crippen LogP contribution in [0.4, 0.5) is 35.4 Å². The molecular weight excluding hydrogens is 513 g/mol. The molecule has 0 amide bonds. The average molecular weight is 537 g/mol. The third-order valence-corrected chi connectivity index (χ3v) is 7.13. The number of hydrogen-bond donors (Lipinski definition) is 1. The molecule has 1 aromatic carbocycles. The molecule has 0 saturated heterocycles. The molecule has 0 aliphatic carbocycles. The summed E-state index contributed by atoms with van der Waals surface area (Å²) in [7, 11) is -2.46. The van der Waals surface area contributed by atoms with E-state index in [4.69, 9.17) is 9.47 Å². The van der Waals surface area contributed by atoms with Crippen LogP contribution >= 0.6 is 11.3 Å². The average Bonchev–Trinajstić information content (AvgIpc) is 3.27. The summed E-state index contributed by atoms with van der Waals surface area (Å²) in [6.45, 7) is 2.20. The number of sulfonamides is 1. The number of hydrogen-bond acceptors (Lipinski definition) is 11. The van der Waals surface area contributed by atoms with E-state index in [1.54, 1.807) is 11.8 Å².